The van der Waals surface area contributed by atoms with E-state index in [9.17, 15) is 0 Å². The summed E-state index contributed by atoms with van der Waals surface area (Å²) in [5, 5.41) is 6.48. The average molecular weight is 369 g/mol. The molecular formula is C13H28IN3O. The highest BCUT2D eigenvalue weighted by Gasteiger charge is 2.49. The summed E-state index contributed by atoms with van der Waals surface area (Å²) < 4.78 is 5.91. The molecule has 2 N–H and O–H groups in total. The lowest BCUT2D eigenvalue weighted by Crippen LogP contribution is -2.63. The van der Waals surface area contributed by atoms with Crippen LogP contribution in [0.15, 0.2) is 4.99 Å². The SMILES string of the molecule is CCCCOC1CC(NC(=NC)NC)C1(C)C.I. The molecule has 0 amide bonds. The van der Waals surface area contributed by atoms with E-state index in [4.69, 9.17) is 4.74 Å². The topological polar surface area (TPSA) is 45.6 Å². The average Bonchev–Trinajstić information content (AvgIpc) is 2.32. The van der Waals surface area contributed by atoms with Gasteiger partial charge in [-0.3, -0.25) is 4.99 Å². The van der Waals surface area contributed by atoms with Crippen molar-refractivity contribution in [3.63, 3.8) is 0 Å². The molecule has 0 radical (unpaired) electrons. The number of halogens is 1. The predicted molar refractivity (Wildman–Crippen MR) is 87.8 cm³/mol. The summed E-state index contributed by atoms with van der Waals surface area (Å²) in [6.07, 6.45) is 3.79. The number of aliphatic imine (C=N–C) groups is 1. The second kappa shape index (κ2) is 8.19. The Kier molecular flexibility index (Phi) is 8.18. The summed E-state index contributed by atoms with van der Waals surface area (Å²) in [5.41, 5.74) is 0.181. The predicted octanol–water partition coefficient (Wildman–Crippen LogP) is 2.38. The third-order valence-electron chi connectivity index (χ3n) is 3.77. The number of hydrogen-bond donors (Lipinski definition) is 2. The molecule has 2 unspecified atom stereocenters. The Bertz CT molecular complexity index is 269. The maximum absolute atomic E-state index is 5.91. The summed E-state index contributed by atoms with van der Waals surface area (Å²) in [6.45, 7) is 7.59. The van der Waals surface area contributed by atoms with E-state index in [2.05, 4.69) is 36.4 Å². The van der Waals surface area contributed by atoms with Crippen LogP contribution in [-0.4, -0.2) is 38.8 Å². The second-order valence-corrected chi connectivity index (χ2v) is 5.29. The molecule has 0 aromatic rings. The molecule has 1 aliphatic rings. The highest BCUT2D eigenvalue weighted by atomic mass is 127. The minimum Gasteiger partial charge on any atom is -0.378 e. The first-order chi connectivity index (χ1) is 8.06. The van der Waals surface area contributed by atoms with Crippen molar-refractivity contribution in [3.05, 3.63) is 0 Å². The van der Waals surface area contributed by atoms with Crippen molar-refractivity contribution >= 4 is 29.9 Å². The monoisotopic (exact) mass is 369 g/mol. The van der Waals surface area contributed by atoms with Crippen LogP contribution < -0.4 is 10.6 Å². The molecule has 1 rings (SSSR count). The van der Waals surface area contributed by atoms with E-state index in [0.717, 1.165) is 25.4 Å². The van der Waals surface area contributed by atoms with Crippen LogP contribution in [0.4, 0.5) is 0 Å². The molecule has 0 aliphatic heterocycles. The highest BCUT2D eigenvalue weighted by molar-refractivity contribution is 14.0. The van der Waals surface area contributed by atoms with Gasteiger partial charge in [0, 0.05) is 32.2 Å². The quantitative estimate of drug-likeness (QED) is 0.339. The van der Waals surface area contributed by atoms with E-state index in [-0.39, 0.29) is 29.4 Å². The molecular weight excluding hydrogens is 341 g/mol. The molecule has 1 fully saturated rings. The number of ether oxygens (including phenoxy) is 1. The number of unbranched alkanes of at least 4 members (excludes halogenated alkanes) is 1. The Hall–Kier alpha value is -0.0400. The van der Waals surface area contributed by atoms with Crippen LogP contribution >= 0.6 is 24.0 Å². The second-order valence-electron chi connectivity index (χ2n) is 5.29. The molecule has 18 heavy (non-hydrogen) atoms. The largest absolute Gasteiger partial charge is 0.378 e. The van der Waals surface area contributed by atoms with Crippen LogP contribution in [0.5, 0.6) is 0 Å². The van der Waals surface area contributed by atoms with Crippen molar-refractivity contribution in [3.8, 4) is 0 Å². The summed E-state index contributed by atoms with van der Waals surface area (Å²) >= 11 is 0. The molecule has 1 aliphatic carbocycles. The zero-order chi connectivity index (χ0) is 12.9. The summed E-state index contributed by atoms with van der Waals surface area (Å²) in [7, 11) is 3.68. The summed E-state index contributed by atoms with van der Waals surface area (Å²) in [4.78, 5) is 4.15. The van der Waals surface area contributed by atoms with Gasteiger partial charge in [-0.2, -0.15) is 0 Å². The summed E-state index contributed by atoms with van der Waals surface area (Å²) in [5.74, 6) is 0.857. The van der Waals surface area contributed by atoms with Crippen molar-refractivity contribution in [1.82, 2.24) is 10.6 Å². The van der Waals surface area contributed by atoms with Gasteiger partial charge in [-0.1, -0.05) is 27.2 Å². The van der Waals surface area contributed by atoms with Crippen LogP contribution in [0, 0.1) is 5.41 Å². The maximum Gasteiger partial charge on any atom is 0.190 e. The number of guanidine groups is 1. The smallest absolute Gasteiger partial charge is 0.190 e. The van der Waals surface area contributed by atoms with Gasteiger partial charge in [0.2, 0.25) is 0 Å². The molecule has 4 nitrogen and oxygen atoms in total. The minimum atomic E-state index is 0. The van der Waals surface area contributed by atoms with E-state index in [1.807, 2.05) is 7.05 Å². The number of rotatable bonds is 5. The zero-order valence-corrected chi connectivity index (χ0v) is 14.6. The molecule has 0 spiro atoms. The van der Waals surface area contributed by atoms with Crippen molar-refractivity contribution in [2.75, 3.05) is 20.7 Å². The van der Waals surface area contributed by atoms with Gasteiger partial charge in [-0.25, -0.2) is 0 Å². The third kappa shape index (κ3) is 4.26. The molecule has 5 heteroatoms. The first-order valence-electron chi connectivity index (χ1n) is 6.58. The third-order valence-corrected chi connectivity index (χ3v) is 3.77. The van der Waals surface area contributed by atoms with Crippen LogP contribution in [0.2, 0.25) is 0 Å². The number of nitrogens with one attached hydrogen (secondary N) is 2. The van der Waals surface area contributed by atoms with Gasteiger partial charge in [-0.15, -0.1) is 24.0 Å². The van der Waals surface area contributed by atoms with E-state index in [0.29, 0.717) is 12.1 Å². The minimum absolute atomic E-state index is 0. The van der Waals surface area contributed by atoms with Crippen LogP contribution in [0.3, 0.4) is 0 Å². The Morgan fingerprint density at radius 3 is 2.56 bits per heavy atom. The first-order valence-corrected chi connectivity index (χ1v) is 6.58. The Morgan fingerprint density at radius 2 is 2.11 bits per heavy atom. The fraction of sp³-hybridized carbons (Fsp3) is 0.923. The molecule has 108 valence electrons. The molecule has 0 aromatic heterocycles. The Labute approximate surface area is 128 Å². The van der Waals surface area contributed by atoms with Crippen molar-refractivity contribution in [2.45, 2.75) is 52.2 Å². The number of hydrogen-bond acceptors (Lipinski definition) is 2. The fourth-order valence-corrected chi connectivity index (χ4v) is 2.20. The van der Waals surface area contributed by atoms with Crippen LogP contribution in [0.25, 0.3) is 0 Å². The van der Waals surface area contributed by atoms with Gasteiger partial charge in [0.25, 0.3) is 0 Å². The molecule has 1 saturated carbocycles. The molecule has 0 bridgehead atoms. The lowest BCUT2D eigenvalue weighted by molar-refractivity contribution is -0.113. The molecule has 0 aromatic carbocycles. The molecule has 2 atom stereocenters. The first kappa shape index (κ1) is 18.0. The van der Waals surface area contributed by atoms with Gasteiger partial charge < -0.3 is 15.4 Å². The normalized spacial score (nSPS) is 25.9. The van der Waals surface area contributed by atoms with E-state index >= 15 is 0 Å². The standard InChI is InChI=1S/C13H27N3O.HI/c1-6-7-8-17-11-9-10(13(11,2)3)16-12(14-4)15-5;/h10-11H,6-9H2,1-5H3,(H2,14,15,16);1H. The fourth-order valence-electron chi connectivity index (χ4n) is 2.20. The Balaban J connectivity index is 0.00000289. The highest BCUT2D eigenvalue weighted by Crippen LogP contribution is 2.42. The molecule has 0 saturated heterocycles. The Morgan fingerprint density at radius 1 is 1.44 bits per heavy atom. The lowest BCUT2D eigenvalue weighted by atomic mass is 9.64. The van der Waals surface area contributed by atoms with Crippen LogP contribution in [-0.2, 0) is 4.74 Å². The summed E-state index contributed by atoms with van der Waals surface area (Å²) in [6, 6.07) is 0.445. The number of nitrogens with zero attached hydrogens (tertiary/aromatic N) is 1. The van der Waals surface area contributed by atoms with E-state index in [1.54, 1.807) is 7.05 Å². The van der Waals surface area contributed by atoms with Gasteiger partial charge in [0.1, 0.15) is 0 Å². The van der Waals surface area contributed by atoms with Gasteiger partial charge in [-0.05, 0) is 12.8 Å². The van der Waals surface area contributed by atoms with Crippen molar-refractivity contribution in [2.24, 2.45) is 10.4 Å². The van der Waals surface area contributed by atoms with Gasteiger partial charge >= 0.3 is 0 Å². The zero-order valence-electron chi connectivity index (χ0n) is 12.2. The maximum atomic E-state index is 5.91. The van der Waals surface area contributed by atoms with Gasteiger partial charge in [0.05, 0.1) is 6.10 Å². The molecule has 0 heterocycles. The van der Waals surface area contributed by atoms with Crippen LogP contribution in [0.1, 0.15) is 40.0 Å². The van der Waals surface area contributed by atoms with Gasteiger partial charge in [0.15, 0.2) is 5.96 Å². The van der Waals surface area contributed by atoms with Crippen molar-refractivity contribution < 1.29 is 4.74 Å². The van der Waals surface area contributed by atoms with Crippen molar-refractivity contribution in [1.29, 1.82) is 0 Å². The van der Waals surface area contributed by atoms with E-state index in [1.165, 1.54) is 6.42 Å². The van der Waals surface area contributed by atoms with E-state index < -0.39 is 0 Å². The lowest BCUT2D eigenvalue weighted by Gasteiger charge is -2.52.